The van der Waals surface area contributed by atoms with Crippen molar-refractivity contribution in [2.75, 3.05) is 6.61 Å². The van der Waals surface area contributed by atoms with Crippen LogP contribution >= 0.6 is 15.9 Å². The third kappa shape index (κ3) is 3.95. The molecule has 3 aromatic rings. The third-order valence-corrected chi connectivity index (χ3v) is 4.23. The zero-order valence-electron chi connectivity index (χ0n) is 14.0. The molecule has 0 aliphatic rings. The van der Waals surface area contributed by atoms with E-state index in [2.05, 4.69) is 37.4 Å². The quantitative estimate of drug-likeness (QED) is 0.378. The van der Waals surface area contributed by atoms with E-state index in [0.29, 0.717) is 17.0 Å². The number of H-pyrrole nitrogens is 1. The van der Waals surface area contributed by atoms with Crippen LogP contribution in [0.25, 0.3) is 10.9 Å². The van der Waals surface area contributed by atoms with Crippen LogP contribution in [0.5, 0.6) is 5.75 Å². The summed E-state index contributed by atoms with van der Waals surface area (Å²) in [7, 11) is 0. The summed E-state index contributed by atoms with van der Waals surface area (Å²) in [5, 5.41) is 5.25. The van der Waals surface area contributed by atoms with Gasteiger partial charge >= 0.3 is 0 Å². The summed E-state index contributed by atoms with van der Waals surface area (Å²) in [6.45, 7) is 1.91. The number of fused-ring (bicyclic) bond motifs is 1. The number of benzene rings is 2. The number of halogens is 1. The molecule has 3 rings (SSSR count). The summed E-state index contributed by atoms with van der Waals surface area (Å²) in [5.74, 6) is 2.44. The maximum absolute atomic E-state index is 12.4. The Morgan fingerprint density at radius 2 is 2.12 bits per heavy atom. The average Bonchev–Trinajstić information content (AvgIpc) is 3.07. The molecule has 0 fully saturated rings. The summed E-state index contributed by atoms with van der Waals surface area (Å²) < 4.78 is 6.40. The highest BCUT2D eigenvalue weighted by Crippen LogP contribution is 2.21. The van der Waals surface area contributed by atoms with Crippen LogP contribution in [0.3, 0.4) is 0 Å². The van der Waals surface area contributed by atoms with Gasteiger partial charge < -0.3 is 9.72 Å². The summed E-state index contributed by atoms with van der Waals surface area (Å²) in [6, 6.07) is 14.8. The number of ether oxygens (including phenoxy) is 1. The lowest BCUT2D eigenvalue weighted by molar-refractivity contribution is 0.0951. The molecule has 1 heterocycles. The Morgan fingerprint density at radius 1 is 1.31 bits per heavy atom. The standard InChI is InChI=1S/C20H16BrN3O2/c1-3-10-26-19-7-5-4-6-16(19)20(25)24-23-13(2)18-12-14-11-15(21)8-9-17(14)22-18/h1,4-9,11-12,22H,10H2,2H3,(H,24,25)/b23-13+. The Labute approximate surface area is 159 Å². The van der Waals surface area contributed by atoms with Crippen molar-refractivity contribution >= 4 is 38.5 Å². The van der Waals surface area contributed by atoms with Gasteiger partial charge in [-0.05, 0) is 43.3 Å². The second-order valence-electron chi connectivity index (χ2n) is 5.54. The second kappa shape index (κ2) is 7.89. The molecule has 130 valence electrons. The number of rotatable bonds is 5. The van der Waals surface area contributed by atoms with E-state index in [9.17, 15) is 4.79 Å². The van der Waals surface area contributed by atoms with Crippen molar-refractivity contribution < 1.29 is 9.53 Å². The van der Waals surface area contributed by atoms with Gasteiger partial charge in [0.2, 0.25) is 0 Å². The molecule has 0 bridgehead atoms. The van der Waals surface area contributed by atoms with Crippen LogP contribution in [0.4, 0.5) is 0 Å². The predicted molar refractivity (Wildman–Crippen MR) is 106 cm³/mol. The predicted octanol–water partition coefficient (Wildman–Crippen LogP) is 4.10. The van der Waals surface area contributed by atoms with Crippen molar-refractivity contribution in [1.82, 2.24) is 10.4 Å². The number of hydrazone groups is 1. The Bertz CT molecular complexity index is 1030. The summed E-state index contributed by atoms with van der Waals surface area (Å²) in [6.07, 6.45) is 5.20. The molecule has 0 spiro atoms. The van der Waals surface area contributed by atoms with Crippen LogP contribution in [0.2, 0.25) is 0 Å². The average molecular weight is 410 g/mol. The van der Waals surface area contributed by atoms with E-state index in [0.717, 1.165) is 21.1 Å². The number of amides is 1. The van der Waals surface area contributed by atoms with E-state index in [1.165, 1.54) is 0 Å². The fraction of sp³-hybridized carbons (Fsp3) is 0.100. The van der Waals surface area contributed by atoms with E-state index in [-0.39, 0.29) is 12.5 Å². The van der Waals surface area contributed by atoms with Crippen molar-refractivity contribution in [3.8, 4) is 18.1 Å². The maximum atomic E-state index is 12.4. The number of terminal acetylenes is 1. The number of nitrogens with zero attached hydrogens (tertiary/aromatic N) is 1. The zero-order chi connectivity index (χ0) is 18.5. The molecule has 1 aromatic heterocycles. The van der Waals surface area contributed by atoms with Gasteiger partial charge in [-0.25, -0.2) is 5.43 Å². The number of aromatic amines is 1. The number of hydrogen-bond donors (Lipinski definition) is 2. The molecule has 0 aliphatic carbocycles. The molecular weight excluding hydrogens is 394 g/mol. The van der Waals surface area contributed by atoms with E-state index < -0.39 is 0 Å². The summed E-state index contributed by atoms with van der Waals surface area (Å²) in [5.41, 5.74) is 5.42. The minimum atomic E-state index is -0.365. The Kier molecular flexibility index (Phi) is 5.40. The van der Waals surface area contributed by atoms with Gasteiger partial charge in [0.25, 0.3) is 5.91 Å². The van der Waals surface area contributed by atoms with Gasteiger partial charge in [0.15, 0.2) is 0 Å². The molecule has 0 radical (unpaired) electrons. The molecule has 2 N–H and O–H groups in total. The Balaban J connectivity index is 1.78. The van der Waals surface area contributed by atoms with Gasteiger partial charge in [0, 0.05) is 15.4 Å². The lowest BCUT2D eigenvalue weighted by atomic mass is 10.2. The number of hydrogen-bond acceptors (Lipinski definition) is 3. The molecule has 0 atom stereocenters. The number of carbonyl (C=O) groups is 1. The zero-order valence-corrected chi connectivity index (χ0v) is 15.6. The number of para-hydroxylation sites is 1. The first-order valence-corrected chi connectivity index (χ1v) is 8.66. The highest BCUT2D eigenvalue weighted by atomic mass is 79.9. The topological polar surface area (TPSA) is 66.5 Å². The van der Waals surface area contributed by atoms with Gasteiger partial charge in [-0.15, -0.1) is 6.42 Å². The fourth-order valence-corrected chi connectivity index (χ4v) is 2.83. The Morgan fingerprint density at radius 3 is 2.92 bits per heavy atom. The van der Waals surface area contributed by atoms with Crippen LogP contribution in [-0.4, -0.2) is 23.2 Å². The smallest absolute Gasteiger partial charge is 0.275 e. The van der Waals surface area contributed by atoms with Crippen LogP contribution in [0.1, 0.15) is 23.0 Å². The molecule has 0 aliphatic heterocycles. The van der Waals surface area contributed by atoms with E-state index in [4.69, 9.17) is 11.2 Å². The van der Waals surface area contributed by atoms with Gasteiger partial charge in [0.05, 0.1) is 17.0 Å². The number of nitrogens with one attached hydrogen (secondary N) is 2. The van der Waals surface area contributed by atoms with E-state index in [1.54, 1.807) is 24.3 Å². The highest BCUT2D eigenvalue weighted by molar-refractivity contribution is 9.10. The van der Waals surface area contributed by atoms with Crippen molar-refractivity contribution in [2.45, 2.75) is 6.92 Å². The lowest BCUT2D eigenvalue weighted by Crippen LogP contribution is -2.20. The number of carbonyl (C=O) groups excluding carboxylic acids is 1. The molecule has 5 nitrogen and oxygen atoms in total. The van der Waals surface area contributed by atoms with Crippen LogP contribution in [-0.2, 0) is 0 Å². The monoisotopic (exact) mass is 409 g/mol. The van der Waals surface area contributed by atoms with Crippen LogP contribution in [0.15, 0.2) is 58.1 Å². The van der Waals surface area contributed by atoms with Gasteiger partial charge in [-0.2, -0.15) is 5.10 Å². The van der Waals surface area contributed by atoms with Crippen molar-refractivity contribution in [3.05, 3.63) is 64.3 Å². The van der Waals surface area contributed by atoms with E-state index >= 15 is 0 Å². The first-order chi connectivity index (χ1) is 12.6. The fourth-order valence-electron chi connectivity index (χ4n) is 2.45. The van der Waals surface area contributed by atoms with Crippen molar-refractivity contribution in [3.63, 3.8) is 0 Å². The normalized spacial score (nSPS) is 11.2. The maximum Gasteiger partial charge on any atom is 0.275 e. The molecule has 2 aromatic carbocycles. The molecule has 1 amide bonds. The van der Waals surface area contributed by atoms with E-state index in [1.807, 2.05) is 31.2 Å². The molecule has 0 saturated heterocycles. The first-order valence-electron chi connectivity index (χ1n) is 7.87. The SMILES string of the molecule is C#CCOc1ccccc1C(=O)N/N=C(\C)c1cc2cc(Br)ccc2[nH]1. The minimum Gasteiger partial charge on any atom is -0.480 e. The lowest BCUT2D eigenvalue weighted by Gasteiger charge is -2.08. The summed E-state index contributed by atoms with van der Waals surface area (Å²) in [4.78, 5) is 15.7. The molecule has 0 saturated carbocycles. The van der Waals surface area contributed by atoms with Crippen LogP contribution < -0.4 is 10.2 Å². The number of aromatic nitrogens is 1. The molecule has 26 heavy (non-hydrogen) atoms. The summed E-state index contributed by atoms with van der Waals surface area (Å²) >= 11 is 3.45. The van der Waals surface area contributed by atoms with Crippen molar-refractivity contribution in [1.29, 1.82) is 0 Å². The van der Waals surface area contributed by atoms with Crippen LogP contribution in [0, 0.1) is 12.3 Å². The molecular formula is C20H16BrN3O2. The largest absolute Gasteiger partial charge is 0.480 e. The van der Waals surface area contributed by atoms with Gasteiger partial charge in [0.1, 0.15) is 12.4 Å². The Hall–Kier alpha value is -3.04. The molecule has 6 heteroatoms. The molecule has 0 unspecified atom stereocenters. The minimum absolute atomic E-state index is 0.0945. The third-order valence-electron chi connectivity index (χ3n) is 3.74. The second-order valence-corrected chi connectivity index (χ2v) is 6.46. The van der Waals surface area contributed by atoms with Crippen molar-refractivity contribution in [2.24, 2.45) is 5.10 Å². The first kappa shape index (κ1) is 17.8. The van der Waals surface area contributed by atoms with Gasteiger partial charge in [-0.3, -0.25) is 4.79 Å². The van der Waals surface area contributed by atoms with Gasteiger partial charge in [-0.1, -0.05) is 34.0 Å². The highest BCUT2D eigenvalue weighted by Gasteiger charge is 2.12.